The number of rotatable bonds is 2. The Morgan fingerprint density at radius 2 is 1.84 bits per heavy atom. The van der Waals surface area contributed by atoms with E-state index in [1.165, 1.54) is 0 Å². The highest BCUT2D eigenvalue weighted by Gasteiger charge is 2.54. The van der Waals surface area contributed by atoms with Gasteiger partial charge in [0.25, 0.3) is 0 Å². The number of halogens is 1. The Morgan fingerprint density at radius 3 is 2.48 bits per heavy atom. The highest BCUT2D eigenvalue weighted by Crippen LogP contribution is 2.46. The van der Waals surface area contributed by atoms with E-state index in [0.717, 1.165) is 27.9 Å². The van der Waals surface area contributed by atoms with E-state index >= 15 is 0 Å². The minimum absolute atomic E-state index is 0.250. The van der Waals surface area contributed by atoms with Crippen LogP contribution >= 0.6 is 0 Å². The number of hydrogen-bond donors (Lipinski definition) is 1. The fourth-order valence-corrected chi connectivity index (χ4v) is 3.43. The fourth-order valence-electron chi connectivity index (χ4n) is 3.43. The maximum atomic E-state index is 14.8. The van der Waals surface area contributed by atoms with Crippen LogP contribution in [0.25, 0.3) is 11.0 Å². The van der Waals surface area contributed by atoms with Crippen molar-refractivity contribution in [3.05, 3.63) is 40.9 Å². The highest BCUT2D eigenvalue weighted by atomic mass is 19.1. The zero-order chi connectivity index (χ0) is 18.0. The van der Waals surface area contributed by atoms with Gasteiger partial charge >= 0.3 is 7.12 Å². The molecule has 25 heavy (non-hydrogen) atoms. The normalized spacial score (nSPS) is 24.6. The Morgan fingerprint density at radius 1 is 1.20 bits per heavy atom. The Kier molecular flexibility index (Phi) is 3.64. The molecule has 0 amide bonds. The number of H-pyrrole nitrogens is 1. The molecule has 4 nitrogen and oxygen atoms in total. The van der Waals surface area contributed by atoms with Crippen LogP contribution in [0.3, 0.4) is 0 Å². The van der Waals surface area contributed by atoms with Gasteiger partial charge < -0.3 is 14.3 Å². The lowest BCUT2D eigenvalue weighted by Gasteiger charge is -2.32. The summed E-state index contributed by atoms with van der Waals surface area (Å²) < 4.78 is 26.4. The maximum Gasteiger partial charge on any atom is 0.525 e. The zero-order valence-corrected chi connectivity index (χ0v) is 15.4. The summed E-state index contributed by atoms with van der Waals surface area (Å²) in [4.78, 5) is 7.77. The lowest BCUT2D eigenvalue weighted by atomic mass is 9.71. The number of allylic oxidation sites excluding steroid dienone is 1. The number of fused-ring (bicyclic) bond motifs is 1. The number of nitrogens with zero attached hydrogens (tertiary/aromatic N) is 1. The molecule has 1 N–H and O–H groups in total. The van der Waals surface area contributed by atoms with Crippen molar-refractivity contribution in [2.24, 2.45) is 0 Å². The standard InChI is InChI=1S/C19H24BFN2O2/c1-11-6-14-9-15(23-17(14)22-10-11)12-7-13(8-12)16(21)20-24-18(2,3)19(4,5)25-20/h6,9-10,12H,7-8H2,1-5H3,(H,22,23). The smallest absolute Gasteiger partial charge is 0.398 e. The van der Waals surface area contributed by atoms with Crippen LogP contribution < -0.4 is 0 Å². The van der Waals surface area contributed by atoms with Crippen molar-refractivity contribution in [3.8, 4) is 0 Å². The van der Waals surface area contributed by atoms with E-state index in [-0.39, 0.29) is 5.73 Å². The van der Waals surface area contributed by atoms with Gasteiger partial charge in [-0.15, -0.1) is 0 Å². The van der Waals surface area contributed by atoms with Gasteiger partial charge in [0.1, 0.15) is 11.4 Å². The molecule has 0 radical (unpaired) electrons. The van der Waals surface area contributed by atoms with Crippen molar-refractivity contribution in [3.63, 3.8) is 0 Å². The highest BCUT2D eigenvalue weighted by molar-refractivity contribution is 6.53. The first-order valence-electron chi connectivity index (χ1n) is 8.84. The minimum Gasteiger partial charge on any atom is -0.398 e. The summed E-state index contributed by atoms with van der Waals surface area (Å²) in [5.74, 6) is 0.303. The molecule has 2 aromatic heterocycles. The first-order valence-corrected chi connectivity index (χ1v) is 8.84. The third kappa shape index (κ3) is 2.72. The molecular weight excluding hydrogens is 318 g/mol. The molecule has 1 aliphatic carbocycles. The van der Waals surface area contributed by atoms with Crippen molar-refractivity contribution < 1.29 is 13.7 Å². The van der Waals surface area contributed by atoms with E-state index in [4.69, 9.17) is 9.31 Å². The van der Waals surface area contributed by atoms with Crippen molar-refractivity contribution >= 4 is 18.2 Å². The van der Waals surface area contributed by atoms with E-state index in [9.17, 15) is 4.39 Å². The van der Waals surface area contributed by atoms with Gasteiger partial charge in [-0.05, 0) is 70.7 Å². The second-order valence-corrected chi connectivity index (χ2v) is 8.32. The van der Waals surface area contributed by atoms with E-state index in [1.807, 2.05) is 40.8 Å². The largest absolute Gasteiger partial charge is 0.525 e. The average Bonchev–Trinajstić information content (AvgIpc) is 2.95. The van der Waals surface area contributed by atoms with Crippen LogP contribution in [0.5, 0.6) is 0 Å². The number of aryl methyl sites for hydroxylation is 1. The SMILES string of the molecule is Cc1cnc2[nH]c(C3CC(=C(F)B4OC(C)(C)C(C)(C)O4)C3)cc2c1. The van der Waals surface area contributed by atoms with Crippen LogP contribution in [0.15, 0.2) is 29.6 Å². The molecule has 0 aromatic carbocycles. The topological polar surface area (TPSA) is 47.1 Å². The molecule has 1 saturated heterocycles. The molecular formula is C19H24BFN2O2. The fraction of sp³-hybridized carbons (Fsp3) is 0.526. The quantitative estimate of drug-likeness (QED) is 0.811. The van der Waals surface area contributed by atoms with Crippen molar-refractivity contribution in [1.29, 1.82) is 0 Å². The lowest BCUT2D eigenvalue weighted by molar-refractivity contribution is 0.00578. The van der Waals surface area contributed by atoms with Crippen LogP contribution in [0.1, 0.15) is 57.7 Å². The third-order valence-electron chi connectivity index (χ3n) is 5.85. The molecule has 1 aliphatic heterocycles. The molecule has 2 fully saturated rings. The van der Waals surface area contributed by atoms with Gasteiger partial charge in [-0.1, -0.05) is 0 Å². The molecule has 0 bridgehead atoms. The van der Waals surface area contributed by atoms with Crippen LogP contribution in [0.2, 0.25) is 0 Å². The van der Waals surface area contributed by atoms with Gasteiger partial charge in [-0.3, -0.25) is 0 Å². The van der Waals surface area contributed by atoms with Gasteiger partial charge in [-0.2, -0.15) is 0 Å². The van der Waals surface area contributed by atoms with Crippen LogP contribution in [-0.2, 0) is 9.31 Å². The zero-order valence-electron chi connectivity index (χ0n) is 15.4. The number of hydrogen-bond acceptors (Lipinski definition) is 3. The number of nitrogens with one attached hydrogen (secondary N) is 1. The first kappa shape index (κ1) is 16.8. The summed E-state index contributed by atoms with van der Waals surface area (Å²) in [6.07, 6.45) is 3.25. The summed E-state index contributed by atoms with van der Waals surface area (Å²) in [5, 5.41) is 1.11. The van der Waals surface area contributed by atoms with Gasteiger partial charge in [0.15, 0.2) is 0 Å². The van der Waals surface area contributed by atoms with E-state index in [2.05, 4.69) is 22.1 Å². The van der Waals surface area contributed by atoms with E-state index in [1.54, 1.807) is 0 Å². The Hall–Kier alpha value is -1.66. The number of aromatic nitrogens is 2. The molecule has 0 atom stereocenters. The predicted octanol–water partition coefficient (Wildman–Crippen LogP) is 4.60. The first-order chi connectivity index (χ1) is 11.7. The average molecular weight is 342 g/mol. The second-order valence-electron chi connectivity index (χ2n) is 8.32. The monoisotopic (exact) mass is 342 g/mol. The summed E-state index contributed by atoms with van der Waals surface area (Å²) in [5.41, 5.74) is 2.67. The summed E-state index contributed by atoms with van der Waals surface area (Å²) in [7, 11) is -0.881. The minimum atomic E-state index is -0.881. The molecule has 0 spiro atoms. The summed E-state index contributed by atoms with van der Waals surface area (Å²) >= 11 is 0. The van der Waals surface area contributed by atoms with Crippen molar-refractivity contribution in [2.45, 2.75) is 64.6 Å². The Bertz CT molecular complexity index is 847. The Labute approximate surface area is 148 Å². The Balaban J connectivity index is 1.49. The van der Waals surface area contributed by atoms with Crippen molar-refractivity contribution in [2.75, 3.05) is 0 Å². The molecule has 2 aromatic rings. The van der Waals surface area contributed by atoms with Crippen LogP contribution in [-0.4, -0.2) is 28.3 Å². The predicted molar refractivity (Wildman–Crippen MR) is 97.0 cm³/mol. The number of pyridine rings is 1. The van der Waals surface area contributed by atoms with Crippen LogP contribution in [0.4, 0.5) is 4.39 Å². The number of aromatic amines is 1. The molecule has 3 heterocycles. The summed E-state index contributed by atoms with van der Waals surface area (Å²) in [6.45, 7) is 9.78. The van der Waals surface area contributed by atoms with E-state index in [0.29, 0.717) is 18.8 Å². The van der Waals surface area contributed by atoms with Crippen molar-refractivity contribution in [1.82, 2.24) is 9.97 Å². The van der Waals surface area contributed by atoms with Gasteiger partial charge in [0, 0.05) is 23.2 Å². The maximum absolute atomic E-state index is 14.8. The molecule has 1 saturated carbocycles. The van der Waals surface area contributed by atoms with Crippen LogP contribution in [0, 0.1) is 6.92 Å². The molecule has 2 aliphatic rings. The lowest BCUT2D eigenvalue weighted by Crippen LogP contribution is -2.41. The molecule has 0 unspecified atom stereocenters. The van der Waals surface area contributed by atoms with E-state index < -0.39 is 18.3 Å². The van der Waals surface area contributed by atoms with Gasteiger partial charge in [-0.25, -0.2) is 9.37 Å². The summed E-state index contributed by atoms with van der Waals surface area (Å²) in [6, 6.07) is 4.24. The van der Waals surface area contributed by atoms with Gasteiger partial charge in [0.2, 0.25) is 0 Å². The second kappa shape index (κ2) is 5.42. The molecule has 6 heteroatoms. The molecule has 4 rings (SSSR count). The third-order valence-corrected chi connectivity index (χ3v) is 5.85. The van der Waals surface area contributed by atoms with Gasteiger partial charge in [0.05, 0.1) is 11.2 Å². The molecule has 132 valence electrons.